The molecule has 0 aliphatic rings. The van der Waals surface area contributed by atoms with E-state index in [2.05, 4.69) is 30.0 Å². The summed E-state index contributed by atoms with van der Waals surface area (Å²) in [4.78, 5) is 11.6. The second kappa shape index (κ2) is 9.83. The van der Waals surface area contributed by atoms with Gasteiger partial charge in [-0.05, 0) is 48.8 Å². The Morgan fingerprint density at radius 3 is 2.41 bits per heavy atom. The van der Waals surface area contributed by atoms with Crippen LogP contribution in [-0.2, 0) is 4.79 Å². The summed E-state index contributed by atoms with van der Waals surface area (Å²) in [7, 11) is 1.59. The van der Waals surface area contributed by atoms with E-state index in [1.165, 1.54) is 0 Å². The maximum Gasteiger partial charge on any atom is 0.276 e. The molecule has 7 heteroatoms. The van der Waals surface area contributed by atoms with E-state index in [9.17, 15) is 4.79 Å². The zero-order valence-corrected chi connectivity index (χ0v) is 14.0. The van der Waals surface area contributed by atoms with Gasteiger partial charge in [-0.2, -0.15) is 0 Å². The highest BCUT2D eigenvalue weighted by atomic mass is 32.1. The van der Waals surface area contributed by atoms with Crippen molar-refractivity contribution in [3.63, 3.8) is 0 Å². The van der Waals surface area contributed by atoms with E-state index < -0.39 is 0 Å². The van der Waals surface area contributed by atoms with Crippen molar-refractivity contribution in [1.82, 2.24) is 16.2 Å². The minimum Gasteiger partial charge on any atom is -0.497 e. The van der Waals surface area contributed by atoms with Crippen LogP contribution < -0.4 is 25.6 Å². The van der Waals surface area contributed by atoms with Gasteiger partial charge in [-0.3, -0.25) is 15.6 Å². The summed E-state index contributed by atoms with van der Waals surface area (Å²) in [6, 6.07) is 6.99. The van der Waals surface area contributed by atoms with Crippen LogP contribution in [0.1, 0.15) is 20.3 Å². The first-order valence-electron chi connectivity index (χ1n) is 7.10. The molecule has 22 heavy (non-hydrogen) atoms. The molecule has 1 aromatic carbocycles. The molecule has 3 N–H and O–H groups in total. The summed E-state index contributed by atoms with van der Waals surface area (Å²) in [5.74, 6) is 1.61. The second-order valence-electron chi connectivity index (χ2n) is 5.08. The van der Waals surface area contributed by atoms with E-state index in [0.29, 0.717) is 16.8 Å². The Balaban J connectivity index is 2.18. The Labute approximate surface area is 136 Å². The maximum absolute atomic E-state index is 11.6. The van der Waals surface area contributed by atoms with Crippen LogP contribution >= 0.6 is 12.2 Å². The van der Waals surface area contributed by atoms with Crippen molar-refractivity contribution in [1.29, 1.82) is 0 Å². The average Bonchev–Trinajstić information content (AvgIpc) is 2.51. The number of carbonyl (C=O) groups is 1. The lowest BCUT2D eigenvalue weighted by molar-refractivity contribution is -0.123. The van der Waals surface area contributed by atoms with Crippen molar-refractivity contribution in [2.75, 3.05) is 20.3 Å². The van der Waals surface area contributed by atoms with Crippen LogP contribution in [0.5, 0.6) is 11.5 Å². The van der Waals surface area contributed by atoms with Crippen molar-refractivity contribution in [3.8, 4) is 11.5 Å². The van der Waals surface area contributed by atoms with Gasteiger partial charge in [-0.25, -0.2) is 0 Å². The van der Waals surface area contributed by atoms with Gasteiger partial charge in [-0.15, -0.1) is 0 Å². The lowest BCUT2D eigenvalue weighted by atomic mass is 10.1. The van der Waals surface area contributed by atoms with E-state index in [-0.39, 0.29) is 12.5 Å². The molecule has 0 heterocycles. The summed E-state index contributed by atoms with van der Waals surface area (Å²) >= 11 is 5.04. The number of hydrogen-bond donors (Lipinski definition) is 3. The van der Waals surface area contributed by atoms with Gasteiger partial charge in [0.15, 0.2) is 11.7 Å². The summed E-state index contributed by atoms with van der Waals surface area (Å²) in [6.07, 6.45) is 1.01. The summed E-state index contributed by atoms with van der Waals surface area (Å²) in [5.41, 5.74) is 5.10. The molecule has 0 spiro atoms. The van der Waals surface area contributed by atoms with Crippen molar-refractivity contribution in [3.05, 3.63) is 24.3 Å². The van der Waals surface area contributed by atoms with Gasteiger partial charge in [0.25, 0.3) is 5.91 Å². The normalized spacial score (nSPS) is 10.0. The van der Waals surface area contributed by atoms with E-state index >= 15 is 0 Å². The fraction of sp³-hybridized carbons (Fsp3) is 0.467. The van der Waals surface area contributed by atoms with Crippen molar-refractivity contribution in [2.24, 2.45) is 5.92 Å². The Morgan fingerprint density at radius 2 is 1.82 bits per heavy atom. The number of thiocarbonyl (C=S) groups is 1. The molecule has 0 aromatic heterocycles. The third-order valence-corrected chi connectivity index (χ3v) is 3.00. The molecule has 0 atom stereocenters. The van der Waals surface area contributed by atoms with Crippen LogP contribution in [0, 0.1) is 5.92 Å². The fourth-order valence-corrected chi connectivity index (χ4v) is 1.66. The van der Waals surface area contributed by atoms with Gasteiger partial charge < -0.3 is 14.8 Å². The number of benzene rings is 1. The molecule has 0 radical (unpaired) electrons. The molecule has 0 unspecified atom stereocenters. The Kier molecular flexibility index (Phi) is 8.06. The number of carbonyl (C=O) groups excluding carboxylic acids is 1. The van der Waals surface area contributed by atoms with Gasteiger partial charge in [0.1, 0.15) is 11.5 Å². The van der Waals surface area contributed by atoms with Crippen LogP contribution in [0.15, 0.2) is 24.3 Å². The Morgan fingerprint density at radius 1 is 1.18 bits per heavy atom. The fourth-order valence-electron chi connectivity index (χ4n) is 1.50. The van der Waals surface area contributed by atoms with Crippen LogP contribution in [0.4, 0.5) is 0 Å². The monoisotopic (exact) mass is 325 g/mol. The van der Waals surface area contributed by atoms with Crippen molar-refractivity contribution < 1.29 is 14.3 Å². The number of methoxy groups -OCH3 is 1. The van der Waals surface area contributed by atoms with Gasteiger partial charge in [0.05, 0.1) is 7.11 Å². The molecule has 122 valence electrons. The summed E-state index contributed by atoms with van der Waals surface area (Å²) < 4.78 is 10.4. The molecule has 0 saturated heterocycles. The largest absolute Gasteiger partial charge is 0.497 e. The predicted octanol–water partition coefficient (Wildman–Crippen LogP) is 1.62. The minimum atomic E-state index is -0.316. The van der Waals surface area contributed by atoms with Gasteiger partial charge in [0, 0.05) is 6.54 Å². The molecule has 6 nitrogen and oxygen atoms in total. The summed E-state index contributed by atoms with van der Waals surface area (Å²) in [6.45, 7) is 4.93. The lowest BCUT2D eigenvalue weighted by Gasteiger charge is -2.12. The first kappa shape index (κ1) is 18.0. The third-order valence-electron chi connectivity index (χ3n) is 2.75. The third kappa shape index (κ3) is 7.68. The highest BCUT2D eigenvalue weighted by Gasteiger charge is 2.04. The van der Waals surface area contributed by atoms with Crippen LogP contribution in [0.25, 0.3) is 0 Å². The van der Waals surface area contributed by atoms with E-state index in [1.54, 1.807) is 31.4 Å². The molecule has 0 bridgehead atoms. The summed E-state index contributed by atoms with van der Waals surface area (Å²) in [5, 5.41) is 3.39. The molecule has 1 aromatic rings. The van der Waals surface area contributed by atoms with Crippen molar-refractivity contribution in [2.45, 2.75) is 20.3 Å². The highest BCUT2D eigenvalue weighted by Crippen LogP contribution is 2.16. The number of nitrogens with one attached hydrogen (secondary N) is 3. The molecular formula is C15H23N3O3S. The Bertz CT molecular complexity index is 477. The number of rotatable bonds is 7. The maximum atomic E-state index is 11.6. The smallest absolute Gasteiger partial charge is 0.276 e. The molecule has 1 rings (SSSR count). The number of amides is 1. The predicted molar refractivity (Wildman–Crippen MR) is 89.8 cm³/mol. The van der Waals surface area contributed by atoms with Crippen LogP contribution in [0.2, 0.25) is 0 Å². The molecular weight excluding hydrogens is 302 g/mol. The Hall–Kier alpha value is -2.02. The number of hydrogen-bond acceptors (Lipinski definition) is 4. The quantitative estimate of drug-likeness (QED) is 0.523. The molecule has 1 amide bonds. The number of ether oxygens (including phenoxy) is 2. The van der Waals surface area contributed by atoms with E-state index in [1.807, 2.05) is 0 Å². The van der Waals surface area contributed by atoms with Gasteiger partial charge in [0.2, 0.25) is 0 Å². The van der Waals surface area contributed by atoms with E-state index in [0.717, 1.165) is 18.7 Å². The van der Waals surface area contributed by atoms with Crippen LogP contribution in [-0.4, -0.2) is 31.3 Å². The zero-order valence-electron chi connectivity index (χ0n) is 13.1. The zero-order chi connectivity index (χ0) is 16.4. The van der Waals surface area contributed by atoms with E-state index in [4.69, 9.17) is 21.7 Å². The molecule has 0 aliphatic carbocycles. The van der Waals surface area contributed by atoms with Crippen molar-refractivity contribution >= 4 is 23.2 Å². The molecule has 0 saturated carbocycles. The minimum absolute atomic E-state index is 0.103. The highest BCUT2D eigenvalue weighted by molar-refractivity contribution is 7.80. The standard InChI is InChI=1S/C15H23N3O3S/c1-11(2)8-9-16-15(22)18-17-14(19)10-21-13-6-4-12(20-3)5-7-13/h4-7,11H,8-10H2,1-3H3,(H,17,19)(H2,16,18,22). The average molecular weight is 325 g/mol. The first-order chi connectivity index (χ1) is 10.5. The van der Waals surface area contributed by atoms with Gasteiger partial charge >= 0.3 is 0 Å². The first-order valence-corrected chi connectivity index (χ1v) is 7.51. The topological polar surface area (TPSA) is 71.6 Å². The number of hydrazine groups is 1. The molecule has 0 fully saturated rings. The lowest BCUT2D eigenvalue weighted by Crippen LogP contribution is -2.48. The SMILES string of the molecule is COc1ccc(OCC(=O)NNC(=S)NCCC(C)C)cc1. The second-order valence-corrected chi connectivity index (χ2v) is 5.48. The molecule has 0 aliphatic heterocycles. The van der Waals surface area contributed by atoms with Gasteiger partial charge in [-0.1, -0.05) is 13.8 Å². The van der Waals surface area contributed by atoms with Crippen LogP contribution in [0.3, 0.4) is 0 Å².